The first-order valence-electron chi connectivity index (χ1n) is 9.57. The van der Waals surface area contributed by atoms with Crippen LogP contribution in [0.5, 0.6) is 11.5 Å². The van der Waals surface area contributed by atoms with Gasteiger partial charge in [0.15, 0.2) is 5.76 Å². The summed E-state index contributed by atoms with van der Waals surface area (Å²) in [4.78, 5) is 18.3. The predicted molar refractivity (Wildman–Crippen MR) is 101 cm³/mol. The van der Waals surface area contributed by atoms with Gasteiger partial charge in [0.2, 0.25) is 5.78 Å². The number of likely N-dealkylation sites (tertiary alicyclic amines) is 1. The predicted octanol–water partition coefficient (Wildman–Crippen LogP) is 2.04. The molecule has 1 aromatic carbocycles. The highest BCUT2D eigenvalue weighted by Gasteiger charge is 2.33. The maximum atomic E-state index is 12.9. The molecule has 0 radical (unpaired) electrons. The summed E-state index contributed by atoms with van der Waals surface area (Å²) in [7, 11) is 0. The van der Waals surface area contributed by atoms with Crippen LogP contribution in [0.25, 0.3) is 6.08 Å². The van der Waals surface area contributed by atoms with Crippen molar-refractivity contribution in [1.29, 1.82) is 0 Å². The Labute approximate surface area is 159 Å². The fraction of sp³-hybridized carbons (Fsp3) is 0.364. The van der Waals surface area contributed by atoms with Gasteiger partial charge in [-0.15, -0.1) is 0 Å². The number of carbonyl (C=O) groups excluding carboxylic acids is 1. The second-order valence-electron chi connectivity index (χ2n) is 7.58. The van der Waals surface area contributed by atoms with Gasteiger partial charge in [-0.25, -0.2) is 0 Å². The molecule has 2 aromatic rings. The highest BCUT2D eigenvalue weighted by Crippen LogP contribution is 2.40. The third-order valence-electron chi connectivity index (χ3n) is 5.69. The number of fused-ring (bicyclic) bond motifs is 1. The van der Waals surface area contributed by atoms with Crippen molar-refractivity contribution in [3.8, 4) is 11.5 Å². The third-order valence-corrected chi connectivity index (χ3v) is 5.69. The molecule has 2 unspecified atom stereocenters. The molecule has 0 amide bonds. The van der Waals surface area contributed by atoms with Crippen molar-refractivity contribution < 1.29 is 19.5 Å². The minimum Gasteiger partial charge on any atom is -0.872 e. The molecular formula is C22H24N2O3. The van der Waals surface area contributed by atoms with Gasteiger partial charge >= 0.3 is 0 Å². The topological polar surface area (TPSA) is 66.7 Å². The summed E-state index contributed by atoms with van der Waals surface area (Å²) in [5.74, 6) is 0.556. The lowest BCUT2D eigenvalue weighted by Gasteiger charge is -2.32. The standard InChI is InChI=1S/C22H24N2O3/c1-14-11-18(25)17(13-24-10-4-3-5-15(24)2)22-20(14)21(26)19(27-22)12-16-6-8-23-9-7-16/h6-9,11-12,15,25H,3-5,10,13H2,1-2H3. The average molecular weight is 364 g/mol. The second kappa shape index (κ2) is 7.16. The first kappa shape index (κ1) is 17.7. The maximum Gasteiger partial charge on any atom is 0.232 e. The number of Topliss-reactive ketones (excluding diaryl/α,β-unsaturated/α-hetero) is 1. The van der Waals surface area contributed by atoms with Crippen LogP contribution in [0, 0.1) is 6.92 Å². The molecule has 0 spiro atoms. The van der Waals surface area contributed by atoms with Crippen molar-refractivity contribution in [2.45, 2.75) is 45.7 Å². The summed E-state index contributed by atoms with van der Waals surface area (Å²) in [5, 5.41) is 12.7. The van der Waals surface area contributed by atoms with Crippen LogP contribution in [-0.4, -0.2) is 23.4 Å². The molecule has 5 heteroatoms. The minimum atomic E-state index is -0.151. The molecule has 1 saturated heterocycles. The van der Waals surface area contributed by atoms with Gasteiger partial charge in [-0.1, -0.05) is 11.8 Å². The lowest BCUT2D eigenvalue weighted by molar-refractivity contribution is -0.942. The van der Waals surface area contributed by atoms with E-state index in [0.717, 1.165) is 12.1 Å². The van der Waals surface area contributed by atoms with E-state index in [2.05, 4.69) is 11.9 Å². The monoisotopic (exact) mass is 364 g/mol. The van der Waals surface area contributed by atoms with Gasteiger partial charge in [0.1, 0.15) is 12.3 Å². The highest BCUT2D eigenvalue weighted by atomic mass is 16.5. The Morgan fingerprint density at radius 3 is 2.85 bits per heavy atom. The number of nitrogens with zero attached hydrogens (tertiary/aromatic N) is 1. The molecule has 1 N–H and O–H groups in total. The van der Waals surface area contributed by atoms with E-state index in [0.29, 0.717) is 35.0 Å². The van der Waals surface area contributed by atoms with E-state index in [1.807, 2.05) is 12.1 Å². The normalized spacial score (nSPS) is 23.3. The molecule has 1 aromatic heterocycles. The van der Waals surface area contributed by atoms with Gasteiger partial charge < -0.3 is 14.7 Å². The molecule has 27 heavy (non-hydrogen) atoms. The van der Waals surface area contributed by atoms with Gasteiger partial charge in [0.25, 0.3) is 0 Å². The van der Waals surface area contributed by atoms with E-state index in [9.17, 15) is 9.90 Å². The Hall–Kier alpha value is -2.66. The molecule has 5 nitrogen and oxygen atoms in total. The van der Waals surface area contributed by atoms with Gasteiger partial charge in [-0.05, 0) is 62.4 Å². The Morgan fingerprint density at radius 2 is 2.11 bits per heavy atom. The van der Waals surface area contributed by atoms with E-state index < -0.39 is 0 Å². The Kier molecular flexibility index (Phi) is 4.70. The number of piperidine rings is 1. The van der Waals surface area contributed by atoms with Gasteiger partial charge in [-0.2, -0.15) is 0 Å². The zero-order valence-corrected chi connectivity index (χ0v) is 15.7. The Balaban J connectivity index is 1.71. The van der Waals surface area contributed by atoms with Crippen LogP contribution >= 0.6 is 0 Å². The van der Waals surface area contributed by atoms with Crippen LogP contribution in [-0.2, 0) is 6.54 Å². The fourth-order valence-electron chi connectivity index (χ4n) is 4.09. The molecule has 1 fully saturated rings. The summed E-state index contributed by atoms with van der Waals surface area (Å²) < 4.78 is 5.97. The molecule has 2 aliphatic heterocycles. The molecule has 0 aliphatic carbocycles. The number of benzene rings is 1. The number of aromatic nitrogens is 1. The number of allylic oxidation sites excluding steroid dienone is 1. The van der Waals surface area contributed by atoms with Crippen LogP contribution in [0.2, 0.25) is 0 Å². The first-order chi connectivity index (χ1) is 13.0. The molecule has 0 bridgehead atoms. The van der Waals surface area contributed by atoms with Crippen LogP contribution in [0.15, 0.2) is 36.4 Å². The van der Waals surface area contributed by atoms with Crippen molar-refractivity contribution in [2.75, 3.05) is 6.54 Å². The number of hydrogen-bond donors (Lipinski definition) is 1. The summed E-state index contributed by atoms with van der Waals surface area (Å²) in [5.41, 5.74) is 2.70. The molecule has 2 aliphatic rings. The summed E-state index contributed by atoms with van der Waals surface area (Å²) >= 11 is 0. The largest absolute Gasteiger partial charge is 0.872 e. The molecule has 3 heterocycles. The first-order valence-corrected chi connectivity index (χ1v) is 9.57. The number of hydrogen-bond acceptors (Lipinski definition) is 4. The van der Waals surface area contributed by atoms with E-state index in [1.54, 1.807) is 31.5 Å². The molecule has 4 rings (SSSR count). The SMILES string of the molecule is Cc1cc([O-])c(C[NH+]2CCCCC2C)c2c1C(=O)C(=Cc1ccncc1)O2. The van der Waals surface area contributed by atoms with E-state index in [1.165, 1.54) is 24.2 Å². The lowest BCUT2D eigenvalue weighted by atomic mass is 9.97. The third kappa shape index (κ3) is 3.35. The molecule has 140 valence electrons. The van der Waals surface area contributed by atoms with Gasteiger partial charge in [0, 0.05) is 18.0 Å². The van der Waals surface area contributed by atoms with E-state index >= 15 is 0 Å². The van der Waals surface area contributed by atoms with E-state index in [4.69, 9.17) is 4.74 Å². The van der Waals surface area contributed by atoms with Gasteiger partial charge in [0.05, 0.1) is 18.2 Å². The van der Waals surface area contributed by atoms with Gasteiger partial charge in [-0.3, -0.25) is 9.78 Å². The fourth-order valence-corrected chi connectivity index (χ4v) is 4.09. The number of aryl methyl sites for hydroxylation is 1. The van der Waals surface area contributed by atoms with Crippen molar-refractivity contribution in [2.24, 2.45) is 0 Å². The number of ether oxygens (including phenoxy) is 1. The number of rotatable bonds is 3. The smallest absolute Gasteiger partial charge is 0.232 e. The molecular weight excluding hydrogens is 340 g/mol. The van der Waals surface area contributed by atoms with Crippen LogP contribution in [0.3, 0.4) is 0 Å². The Morgan fingerprint density at radius 1 is 1.33 bits per heavy atom. The summed E-state index contributed by atoms with van der Waals surface area (Å²) in [6, 6.07) is 5.73. The zero-order chi connectivity index (χ0) is 19.0. The molecule has 0 saturated carbocycles. The second-order valence-corrected chi connectivity index (χ2v) is 7.58. The minimum absolute atomic E-state index is 0.0329. The average Bonchev–Trinajstić information content (AvgIpc) is 2.97. The quantitative estimate of drug-likeness (QED) is 0.847. The van der Waals surface area contributed by atoms with Crippen LogP contribution in [0.1, 0.15) is 53.2 Å². The summed E-state index contributed by atoms with van der Waals surface area (Å²) in [6.07, 6.45) is 8.65. The lowest BCUT2D eigenvalue weighted by Crippen LogP contribution is -3.14. The van der Waals surface area contributed by atoms with Crippen LogP contribution in [0.4, 0.5) is 0 Å². The number of nitrogens with one attached hydrogen (secondary N) is 1. The van der Waals surface area contributed by atoms with Crippen molar-refractivity contribution in [3.63, 3.8) is 0 Å². The summed E-state index contributed by atoms with van der Waals surface area (Å²) in [6.45, 7) is 5.69. The number of quaternary nitrogens is 1. The van der Waals surface area contributed by atoms with Crippen molar-refractivity contribution >= 4 is 11.9 Å². The number of ketones is 1. The maximum absolute atomic E-state index is 12.9. The van der Waals surface area contributed by atoms with Crippen molar-refractivity contribution in [3.05, 3.63) is 58.6 Å². The van der Waals surface area contributed by atoms with Crippen molar-refractivity contribution in [1.82, 2.24) is 4.98 Å². The number of pyridine rings is 1. The molecule has 2 atom stereocenters. The highest BCUT2D eigenvalue weighted by molar-refractivity contribution is 6.15. The zero-order valence-electron chi connectivity index (χ0n) is 15.7. The van der Waals surface area contributed by atoms with Crippen LogP contribution < -0.4 is 14.7 Å². The number of carbonyl (C=O) groups is 1. The Bertz CT molecular complexity index is 906. The van der Waals surface area contributed by atoms with E-state index in [-0.39, 0.29) is 17.3 Å².